The molecule has 4 rings (SSSR count). The zero-order valence-electron chi connectivity index (χ0n) is 18.9. The lowest BCUT2D eigenvalue weighted by Gasteiger charge is -2.26. The maximum absolute atomic E-state index is 12.6. The van der Waals surface area contributed by atoms with Crippen molar-refractivity contribution < 1.29 is 29.0 Å². The second-order valence-corrected chi connectivity index (χ2v) is 8.53. The molecular formula is C26H28N2O6. The van der Waals surface area contributed by atoms with Crippen LogP contribution in [-0.4, -0.2) is 55.5 Å². The molecule has 2 aliphatic carbocycles. The first-order valence-electron chi connectivity index (χ1n) is 11.3. The van der Waals surface area contributed by atoms with Gasteiger partial charge in [0.15, 0.2) is 6.04 Å². The SMILES string of the molecule is COCC(NC(=O)[C@@H]1CC=C[C@@H](NC(=O)OCC2c3ccccc3-c3ccccc32)C1)C(=O)O. The number of hydrogen-bond donors (Lipinski definition) is 3. The van der Waals surface area contributed by atoms with E-state index in [1.165, 1.54) is 7.11 Å². The molecule has 8 nitrogen and oxygen atoms in total. The Bertz CT molecular complexity index is 1050. The third-order valence-corrected chi connectivity index (χ3v) is 6.29. The number of carbonyl (C=O) groups is 3. The van der Waals surface area contributed by atoms with Gasteiger partial charge >= 0.3 is 12.1 Å². The smallest absolute Gasteiger partial charge is 0.407 e. The number of methoxy groups -OCH3 is 1. The molecule has 0 saturated heterocycles. The number of amides is 2. The molecular weight excluding hydrogens is 436 g/mol. The van der Waals surface area contributed by atoms with Gasteiger partial charge in [0, 0.05) is 18.9 Å². The molecule has 0 saturated carbocycles. The first kappa shape index (κ1) is 23.5. The van der Waals surface area contributed by atoms with E-state index in [0.29, 0.717) is 12.8 Å². The Labute approximate surface area is 198 Å². The van der Waals surface area contributed by atoms with Gasteiger partial charge in [-0.1, -0.05) is 60.7 Å². The third kappa shape index (κ3) is 5.12. The molecule has 2 aliphatic rings. The number of hydrogen-bond acceptors (Lipinski definition) is 5. The molecule has 0 aromatic heterocycles. The predicted molar refractivity (Wildman–Crippen MR) is 125 cm³/mol. The fraction of sp³-hybridized carbons (Fsp3) is 0.346. The van der Waals surface area contributed by atoms with Crippen molar-refractivity contribution in [1.82, 2.24) is 10.6 Å². The molecule has 34 heavy (non-hydrogen) atoms. The minimum absolute atomic E-state index is 0.0349. The topological polar surface area (TPSA) is 114 Å². The normalized spacial score (nSPS) is 19.6. The van der Waals surface area contributed by atoms with Crippen LogP contribution in [-0.2, 0) is 19.1 Å². The highest BCUT2D eigenvalue weighted by molar-refractivity contribution is 5.85. The zero-order valence-corrected chi connectivity index (χ0v) is 18.9. The monoisotopic (exact) mass is 464 g/mol. The van der Waals surface area contributed by atoms with Crippen molar-refractivity contribution in [3.05, 3.63) is 71.8 Å². The van der Waals surface area contributed by atoms with Crippen LogP contribution in [0.25, 0.3) is 11.1 Å². The lowest BCUT2D eigenvalue weighted by molar-refractivity contribution is -0.144. The van der Waals surface area contributed by atoms with E-state index in [1.807, 2.05) is 36.4 Å². The molecule has 2 amide bonds. The first-order valence-corrected chi connectivity index (χ1v) is 11.3. The minimum atomic E-state index is -1.16. The Morgan fingerprint density at radius 2 is 1.71 bits per heavy atom. The number of alkyl carbamates (subject to hydrolysis) is 1. The fourth-order valence-corrected chi connectivity index (χ4v) is 4.63. The van der Waals surface area contributed by atoms with Crippen LogP contribution < -0.4 is 10.6 Å². The number of benzene rings is 2. The molecule has 3 atom stereocenters. The largest absolute Gasteiger partial charge is 0.480 e. The van der Waals surface area contributed by atoms with Crippen molar-refractivity contribution in [2.45, 2.75) is 30.8 Å². The van der Waals surface area contributed by atoms with Gasteiger partial charge in [-0.25, -0.2) is 9.59 Å². The average Bonchev–Trinajstić information content (AvgIpc) is 3.16. The molecule has 1 unspecified atom stereocenters. The molecule has 0 aliphatic heterocycles. The Morgan fingerprint density at radius 3 is 2.32 bits per heavy atom. The molecule has 0 fully saturated rings. The molecule has 2 aromatic rings. The number of carboxylic acids is 1. The quantitative estimate of drug-likeness (QED) is 0.518. The van der Waals surface area contributed by atoms with Gasteiger partial charge in [-0.2, -0.15) is 0 Å². The van der Waals surface area contributed by atoms with Gasteiger partial charge in [0.2, 0.25) is 5.91 Å². The Kier molecular flexibility index (Phi) is 7.27. The molecule has 8 heteroatoms. The number of carboxylic acid groups (broad SMARTS) is 1. The van der Waals surface area contributed by atoms with Gasteiger partial charge in [0.25, 0.3) is 0 Å². The lowest BCUT2D eigenvalue weighted by atomic mass is 9.90. The molecule has 0 spiro atoms. The summed E-state index contributed by atoms with van der Waals surface area (Å²) in [5.41, 5.74) is 4.58. The number of ether oxygens (including phenoxy) is 2. The van der Waals surface area contributed by atoms with E-state index in [2.05, 4.69) is 34.9 Å². The van der Waals surface area contributed by atoms with E-state index >= 15 is 0 Å². The van der Waals surface area contributed by atoms with Crippen LogP contribution in [0.15, 0.2) is 60.7 Å². The summed E-state index contributed by atoms with van der Waals surface area (Å²) in [6, 6.07) is 14.7. The highest BCUT2D eigenvalue weighted by Crippen LogP contribution is 2.44. The first-order chi connectivity index (χ1) is 16.5. The Balaban J connectivity index is 1.32. The van der Waals surface area contributed by atoms with Crippen molar-refractivity contribution in [3.63, 3.8) is 0 Å². The summed E-state index contributed by atoms with van der Waals surface area (Å²) < 4.78 is 10.4. The summed E-state index contributed by atoms with van der Waals surface area (Å²) in [6.07, 6.45) is 3.91. The fourth-order valence-electron chi connectivity index (χ4n) is 4.63. The summed E-state index contributed by atoms with van der Waals surface area (Å²) in [6.45, 7) is 0.0859. The van der Waals surface area contributed by atoms with E-state index in [4.69, 9.17) is 9.47 Å². The number of nitrogens with one attached hydrogen (secondary N) is 2. The molecule has 0 heterocycles. The Hall–Kier alpha value is -3.65. The summed E-state index contributed by atoms with van der Waals surface area (Å²) in [5, 5.41) is 14.5. The standard InChI is InChI=1S/C26H28N2O6/c1-33-15-23(25(30)31)28-24(29)16-7-6-8-17(13-16)27-26(32)34-14-22-20-11-4-2-9-18(20)19-10-3-5-12-21(19)22/h2-6,8-12,16-17,22-23H,7,13-15H2,1H3,(H,27,32)(H,28,29)(H,30,31)/t16-,17-,23?/m1/s1. The zero-order chi connectivity index (χ0) is 24.1. The van der Waals surface area contributed by atoms with Crippen LogP contribution in [0.2, 0.25) is 0 Å². The van der Waals surface area contributed by atoms with Gasteiger partial charge in [-0.3, -0.25) is 4.79 Å². The maximum Gasteiger partial charge on any atom is 0.407 e. The van der Waals surface area contributed by atoms with Crippen molar-refractivity contribution in [2.24, 2.45) is 5.92 Å². The molecule has 0 bridgehead atoms. The van der Waals surface area contributed by atoms with Gasteiger partial charge in [0.05, 0.1) is 12.6 Å². The maximum atomic E-state index is 12.6. The van der Waals surface area contributed by atoms with Gasteiger partial charge in [0.1, 0.15) is 6.61 Å². The summed E-state index contributed by atoms with van der Waals surface area (Å²) in [5.74, 6) is -2.03. The average molecular weight is 465 g/mol. The molecule has 3 N–H and O–H groups in total. The van der Waals surface area contributed by atoms with Crippen LogP contribution >= 0.6 is 0 Å². The van der Waals surface area contributed by atoms with Crippen molar-refractivity contribution in [1.29, 1.82) is 0 Å². The van der Waals surface area contributed by atoms with E-state index in [-0.39, 0.29) is 31.1 Å². The number of allylic oxidation sites excluding steroid dienone is 1. The molecule has 178 valence electrons. The molecule has 0 radical (unpaired) electrons. The van der Waals surface area contributed by atoms with E-state index < -0.39 is 24.0 Å². The highest BCUT2D eigenvalue weighted by Gasteiger charge is 2.31. The number of fused-ring (bicyclic) bond motifs is 3. The van der Waals surface area contributed by atoms with Crippen LogP contribution in [0, 0.1) is 5.92 Å². The van der Waals surface area contributed by atoms with Crippen LogP contribution in [0.4, 0.5) is 4.79 Å². The highest BCUT2D eigenvalue weighted by atomic mass is 16.5. The van der Waals surface area contributed by atoms with Crippen LogP contribution in [0.1, 0.15) is 29.9 Å². The van der Waals surface area contributed by atoms with Crippen LogP contribution in [0.5, 0.6) is 0 Å². The number of rotatable bonds is 8. The van der Waals surface area contributed by atoms with Crippen molar-refractivity contribution in [2.75, 3.05) is 20.3 Å². The third-order valence-electron chi connectivity index (χ3n) is 6.29. The van der Waals surface area contributed by atoms with Gasteiger partial charge < -0.3 is 25.2 Å². The van der Waals surface area contributed by atoms with E-state index in [0.717, 1.165) is 22.3 Å². The van der Waals surface area contributed by atoms with Crippen molar-refractivity contribution >= 4 is 18.0 Å². The van der Waals surface area contributed by atoms with Crippen LogP contribution in [0.3, 0.4) is 0 Å². The minimum Gasteiger partial charge on any atom is -0.480 e. The van der Waals surface area contributed by atoms with E-state index in [1.54, 1.807) is 0 Å². The Morgan fingerprint density at radius 1 is 1.06 bits per heavy atom. The summed E-state index contributed by atoms with van der Waals surface area (Å²) in [4.78, 5) is 36.4. The summed E-state index contributed by atoms with van der Waals surface area (Å²) >= 11 is 0. The van der Waals surface area contributed by atoms with Gasteiger partial charge in [-0.05, 0) is 35.1 Å². The van der Waals surface area contributed by atoms with E-state index in [9.17, 15) is 19.5 Å². The second kappa shape index (κ2) is 10.5. The number of carbonyl (C=O) groups excluding carboxylic acids is 2. The predicted octanol–water partition coefficient (Wildman–Crippen LogP) is 3.08. The lowest BCUT2D eigenvalue weighted by Crippen LogP contribution is -2.48. The number of aliphatic carboxylic acids is 1. The van der Waals surface area contributed by atoms with Gasteiger partial charge in [-0.15, -0.1) is 0 Å². The molecule has 2 aromatic carbocycles. The summed E-state index contributed by atoms with van der Waals surface area (Å²) in [7, 11) is 1.37. The second-order valence-electron chi connectivity index (χ2n) is 8.53. The van der Waals surface area contributed by atoms with Crippen molar-refractivity contribution in [3.8, 4) is 11.1 Å².